The van der Waals surface area contributed by atoms with Crippen LogP contribution in [0.1, 0.15) is 5.69 Å². The summed E-state index contributed by atoms with van der Waals surface area (Å²) in [5, 5.41) is 9.15. The Labute approximate surface area is 129 Å². The molecule has 0 aliphatic heterocycles. The Hall–Kier alpha value is -2.84. The molecule has 0 radical (unpaired) electrons. The SMILES string of the molecule is COCCOC(=O)C(C#N)=Cc1cccn1-c1ccccc1. The molecule has 1 aromatic carbocycles. The van der Waals surface area contributed by atoms with Crippen molar-refractivity contribution in [3.63, 3.8) is 0 Å². The number of nitriles is 1. The molecular weight excluding hydrogens is 280 g/mol. The Morgan fingerprint density at radius 3 is 2.68 bits per heavy atom. The van der Waals surface area contributed by atoms with Crippen LogP contribution in [0.3, 0.4) is 0 Å². The zero-order chi connectivity index (χ0) is 15.8. The zero-order valence-corrected chi connectivity index (χ0v) is 12.2. The van der Waals surface area contributed by atoms with Gasteiger partial charge in [0.2, 0.25) is 0 Å². The van der Waals surface area contributed by atoms with Gasteiger partial charge in [0.05, 0.1) is 6.61 Å². The summed E-state index contributed by atoms with van der Waals surface area (Å²) in [4.78, 5) is 11.8. The number of para-hydroxylation sites is 1. The lowest BCUT2D eigenvalue weighted by Gasteiger charge is -2.07. The molecule has 0 unspecified atom stereocenters. The summed E-state index contributed by atoms with van der Waals surface area (Å²) in [6.45, 7) is 0.416. The lowest BCUT2D eigenvalue weighted by atomic mass is 10.2. The third-order valence-electron chi connectivity index (χ3n) is 2.97. The van der Waals surface area contributed by atoms with E-state index in [2.05, 4.69) is 0 Å². The molecule has 0 aliphatic carbocycles. The van der Waals surface area contributed by atoms with Crippen LogP contribution in [0.25, 0.3) is 11.8 Å². The molecule has 22 heavy (non-hydrogen) atoms. The number of hydrogen-bond donors (Lipinski definition) is 0. The molecule has 112 valence electrons. The molecule has 0 saturated carbocycles. The van der Waals surface area contributed by atoms with Crippen LogP contribution in [0.2, 0.25) is 0 Å². The quantitative estimate of drug-likeness (QED) is 0.356. The van der Waals surface area contributed by atoms with Gasteiger partial charge < -0.3 is 14.0 Å². The van der Waals surface area contributed by atoms with Crippen LogP contribution >= 0.6 is 0 Å². The third-order valence-corrected chi connectivity index (χ3v) is 2.97. The number of ether oxygens (including phenoxy) is 2. The normalized spacial score (nSPS) is 11.0. The lowest BCUT2D eigenvalue weighted by molar-refractivity contribution is -0.139. The van der Waals surface area contributed by atoms with E-state index in [0.717, 1.165) is 11.4 Å². The highest BCUT2D eigenvalue weighted by atomic mass is 16.6. The van der Waals surface area contributed by atoms with Crippen molar-refractivity contribution in [2.24, 2.45) is 0 Å². The molecule has 0 N–H and O–H groups in total. The summed E-state index contributed by atoms with van der Waals surface area (Å²) in [6.07, 6.45) is 3.38. The van der Waals surface area contributed by atoms with Crippen LogP contribution in [0.15, 0.2) is 54.2 Å². The van der Waals surface area contributed by atoms with Gasteiger partial charge in [-0.1, -0.05) is 18.2 Å². The highest BCUT2D eigenvalue weighted by molar-refractivity contribution is 5.97. The average molecular weight is 296 g/mol. The number of rotatable bonds is 6. The van der Waals surface area contributed by atoms with Crippen LogP contribution in [-0.2, 0) is 14.3 Å². The number of aromatic nitrogens is 1. The second kappa shape index (κ2) is 7.81. The van der Waals surface area contributed by atoms with E-state index in [1.54, 1.807) is 0 Å². The van der Waals surface area contributed by atoms with E-state index in [4.69, 9.17) is 14.7 Å². The van der Waals surface area contributed by atoms with Crippen LogP contribution in [0.4, 0.5) is 0 Å². The number of hydrogen-bond acceptors (Lipinski definition) is 4. The number of benzene rings is 1. The van der Waals surface area contributed by atoms with Gasteiger partial charge in [-0.3, -0.25) is 0 Å². The van der Waals surface area contributed by atoms with Gasteiger partial charge in [-0.15, -0.1) is 0 Å². The highest BCUT2D eigenvalue weighted by Gasteiger charge is 2.12. The van der Waals surface area contributed by atoms with Crippen molar-refractivity contribution < 1.29 is 14.3 Å². The minimum atomic E-state index is -0.652. The topological polar surface area (TPSA) is 64.2 Å². The minimum absolute atomic E-state index is 0.0491. The van der Waals surface area contributed by atoms with E-state index in [9.17, 15) is 4.79 Å². The van der Waals surface area contributed by atoms with Crippen molar-refractivity contribution in [1.29, 1.82) is 5.26 Å². The first-order chi connectivity index (χ1) is 10.8. The molecule has 1 heterocycles. The van der Waals surface area contributed by atoms with Gasteiger partial charge in [-0.05, 0) is 30.3 Å². The molecule has 2 aromatic rings. The fourth-order valence-electron chi connectivity index (χ4n) is 1.92. The van der Waals surface area contributed by atoms with Crippen molar-refractivity contribution in [3.05, 3.63) is 59.9 Å². The van der Waals surface area contributed by atoms with Crippen molar-refractivity contribution >= 4 is 12.0 Å². The predicted octanol–water partition coefficient (Wildman–Crippen LogP) is 2.57. The largest absolute Gasteiger partial charge is 0.459 e. The van der Waals surface area contributed by atoms with Crippen molar-refractivity contribution in [3.8, 4) is 11.8 Å². The first kappa shape index (κ1) is 15.5. The van der Waals surface area contributed by atoms with Crippen molar-refractivity contribution in [2.75, 3.05) is 20.3 Å². The fraction of sp³-hybridized carbons (Fsp3) is 0.176. The molecule has 0 bridgehead atoms. The summed E-state index contributed by atoms with van der Waals surface area (Å²) in [5.74, 6) is -0.652. The molecule has 2 rings (SSSR count). The van der Waals surface area contributed by atoms with Gasteiger partial charge in [-0.25, -0.2) is 4.79 Å². The molecule has 0 aliphatic rings. The van der Waals surface area contributed by atoms with E-state index >= 15 is 0 Å². The number of carbonyl (C=O) groups is 1. The summed E-state index contributed by atoms with van der Waals surface area (Å²) < 4.78 is 11.7. The molecule has 0 amide bonds. The maximum atomic E-state index is 11.8. The number of methoxy groups -OCH3 is 1. The molecule has 0 atom stereocenters. The van der Waals surface area contributed by atoms with Crippen molar-refractivity contribution in [1.82, 2.24) is 4.57 Å². The Kier molecular flexibility index (Phi) is 5.52. The van der Waals surface area contributed by atoms with Gasteiger partial charge in [0, 0.05) is 24.7 Å². The molecule has 0 fully saturated rings. The Morgan fingerprint density at radius 1 is 1.23 bits per heavy atom. The van der Waals surface area contributed by atoms with Crippen molar-refractivity contribution in [2.45, 2.75) is 0 Å². The molecule has 0 saturated heterocycles. The minimum Gasteiger partial charge on any atom is -0.459 e. The standard InChI is InChI=1S/C17H16N2O3/c1-21-10-11-22-17(20)14(13-18)12-16-8-5-9-19(16)15-6-3-2-4-7-15/h2-9,12H,10-11H2,1H3. The number of nitrogens with zero attached hydrogens (tertiary/aromatic N) is 2. The monoisotopic (exact) mass is 296 g/mol. The van der Waals surface area contributed by atoms with Gasteiger partial charge >= 0.3 is 5.97 Å². The molecular formula is C17H16N2O3. The Morgan fingerprint density at radius 2 is 2.00 bits per heavy atom. The zero-order valence-electron chi connectivity index (χ0n) is 12.2. The molecule has 1 aromatic heterocycles. The summed E-state index contributed by atoms with van der Waals surface area (Å²) in [6, 6.07) is 15.2. The van der Waals surface area contributed by atoms with E-state index in [-0.39, 0.29) is 12.2 Å². The number of esters is 1. The van der Waals surface area contributed by atoms with Gasteiger partial charge in [0.1, 0.15) is 18.2 Å². The highest BCUT2D eigenvalue weighted by Crippen LogP contribution is 2.15. The van der Waals surface area contributed by atoms with E-state index < -0.39 is 5.97 Å². The molecule has 5 nitrogen and oxygen atoms in total. The van der Waals surface area contributed by atoms with Crippen LogP contribution in [-0.4, -0.2) is 30.9 Å². The first-order valence-corrected chi connectivity index (χ1v) is 6.77. The van der Waals surface area contributed by atoms with E-state index in [1.165, 1.54) is 13.2 Å². The fourth-order valence-corrected chi connectivity index (χ4v) is 1.92. The van der Waals surface area contributed by atoms with E-state index in [1.807, 2.05) is 59.3 Å². The van der Waals surface area contributed by atoms with Gasteiger partial charge in [0.15, 0.2) is 0 Å². The number of carbonyl (C=O) groups excluding carboxylic acids is 1. The Balaban J connectivity index is 2.23. The predicted molar refractivity (Wildman–Crippen MR) is 82.2 cm³/mol. The lowest BCUT2D eigenvalue weighted by Crippen LogP contribution is -2.11. The van der Waals surface area contributed by atoms with Crippen LogP contribution < -0.4 is 0 Å². The third kappa shape index (κ3) is 3.84. The summed E-state index contributed by atoms with van der Waals surface area (Å²) in [7, 11) is 1.52. The maximum absolute atomic E-state index is 11.8. The van der Waals surface area contributed by atoms with Gasteiger partial charge in [0.25, 0.3) is 0 Å². The summed E-state index contributed by atoms with van der Waals surface area (Å²) in [5.41, 5.74) is 1.63. The smallest absolute Gasteiger partial charge is 0.349 e. The maximum Gasteiger partial charge on any atom is 0.349 e. The first-order valence-electron chi connectivity index (χ1n) is 6.77. The van der Waals surface area contributed by atoms with Crippen LogP contribution in [0.5, 0.6) is 0 Å². The van der Waals surface area contributed by atoms with Crippen LogP contribution in [0, 0.1) is 11.3 Å². The molecule has 5 heteroatoms. The second-order valence-corrected chi connectivity index (χ2v) is 4.44. The second-order valence-electron chi connectivity index (χ2n) is 4.44. The Bertz CT molecular complexity index is 696. The average Bonchev–Trinajstić information content (AvgIpc) is 3.01. The van der Waals surface area contributed by atoms with Gasteiger partial charge in [-0.2, -0.15) is 5.26 Å². The molecule has 0 spiro atoms. The van der Waals surface area contributed by atoms with E-state index in [0.29, 0.717) is 6.61 Å². The summed E-state index contributed by atoms with van der Waals surface area (Å²) >= 11 is 0.